The first-order valence-electron chi connectivity index (χ1n) is 5.02. The summed E-state index contributed by atoms with van der Waals surface area (Å²) in [5.74, 6) is -0.449. The van der Waals surface area contributed by atoms with Gasteiger partial charge in [-0.1, -0.05) is 6.07 Å². The Morgan fingerprint density at radius 3 is 2.56 bits per heavy atom. The highest BCUT2D eigenvalue weighted by molar-refractivity contribution is 5.74. The van der Waals surface area contributed by atoms with Gasteiger partial charge >= 0.3 is 5.97 Å². The summed E-state index contributed by atoms with van der Waals surface area (Å²) in [7, 11) is 0. The van der Waals surface area contributed by atoms with E-state index in [9.17, 15) is 9.59 Å². The molecule has 0 radical (unpaired) electrons. The normalized spacial score (nSPS) is 9.56. The molecule has 5 nitrogen and oxygen atoms in total. The van der Waals surface area contributed by atoms with Crippen LogP contribution in [0.5, 0.6) is 0 Å². The third-order valence-corrected chi connectivity index (χ3v) is 1.83. The van der Waals surface area contributed by atoms with Crippen LogP contribution in [0.25, 0.3) is 0 Å². The molecule has 1 N–H and O–H groups in total. The average molecular weight is 223 g/mol. The number of carbonyl (C=O) groups is 2. The topological polar surface area (TPSA) is 59.3 Å². The molecule has 0 atom stereocenters. The zero-order valence-electron chi connectivity index (χ0n) is 9.18. The number of esters is 1. The summed E-state index contributed by atoms with van der Waals surface area (Å²) >= 11 is 0. The van der Waals surface area contributed by atoms with Crippen LogP contribution >= 0.6 is 0 Å². The highest BCUT2D eigenvalue weighted by Gasteiger charge is 2.07. The summed E-state index contributed by atoms with van der Waals surface area (Å²) in [6.07, 6.45) is 3.62. The van der Waals surface area contributed by atoms with Crippen molar-refractivity contribution in [3.05, 3.63) is 30.6 Å². The predicted octanol–water partition coefficient (Wildman–Crippen LogP) is -0.347. The smallest absolute Gasteiger partial charge is 0.302 e. The molecule has 0 spiro atoms. The van der Waals surface area contributed by atoms with Gasteiger partial charge in [0.05, 0.1) is 6.54 Å². The maximum absolute atomic E-state index is 11.4. The summed E-state index contributed by atoms with van der Waals surface area (Å²) < 4.78 is 6.45. The molecule has 0 saturated carbocycles. The average Bonchev–Trinajstić information content (AvgIpc) is 2.25. The zero-order chi connectivity index (χ0) is 11.8. The highest BCUT2D eigenvalue weighted by atomic mass is 16.5. The molecule has 1 aromatic heterocycles. The molecule has 1 amide bonds. The number of hydrogen-bond acceptors (Lipinski definition) is 3. The third-order valence-electron chi connectivity index (χ3n) is 1.83. The fraction of sp³-hybridized carbons (Fsp3) is 0.364. The number of amides is 1. The van der Waals surface area contributed by atoms with Crippen molar-refractivity contribution in [2.24, 2.45) is 0 Å². The summed E-state index contributed by atoms with van der Waals surface area (Å²) in [6, 6.07) is 5.59. The molecule has 0 bridgehead atoms. The Morgan fingerprint density at radius 2 is 1.94 bits per heavy atom. The van der Waals surface area contributed by atoms with Crippen LogP contribution in [0.3, 0.4) is 0 Å². The van der Waals surface area contributed by atoms with Crippen molar-refractivity contribution in [1.82, 2.24) is 5.32 Å². The molecule has 0 aliphatic heterocycles. The summed E-state index contributed by atoms with van der Waals surface area (Å²) in [4.78, 5) is 21.8. The van der Waals surface area contributed by atoms with E-state index in [1.54, 1.807) is 4.57 Å². The van der Waals surface area contributed by atoms with Crippen LogP contribution in [0.15, 0.2) is 30.6 Å². The lowest BCUT2D eigenvalue weighted by molar-refractivity contribution is -0.684. The molecule has 1 aromatic rings. The Morgan fingerprint density at radius 1 is 1.25 bits per heavy atom. The van der Waals surface area contributed by atoms with E-state index in [4.69, 9.17) is 0 Å². The van der Waals surface area contributed by atoms with E-state index in [2.05, 4.69) is 10.1 Å². The number of carbonyl (C=O) groups excluding carboxylic acids is 2. The Hall–Kier alpha value is -1.91. The van der Waals surface area contributed by atoms with E-state index in [-0.39, 0.29) is 25.0 Å². The van der Waals surface area contributed by atoms with Gasteiger partial charge in [-0.3, -0.25) is 9.59 Å². The molecule has 1 rings (SSSR count). The number of ether oxygens (including phenoxy) is 1. The molecule has 86 valence electrons. The van der Waals surface area contributed by atoms with Gasteiger partial charge in [-0.2, -0.15) is 4.57 Å². The Labute approximate surface area is 94.0 Å². The maximum atomic E-state index is 11.4. The van der Waals surface area contributed by atoms with E-state index in [1.165, 1.54) is 6.92 Å². The summed E-state index contributed by atoms with van der Waals surface area (Å²) in [5, 5.41) is 2.65. The van der Waals surface area contributed by atoms with Crippen LogP contribution in [-0.2, 0) is 20.9 Å². The van der Waals surface area contributed by atoms with Crippen LogP contribution in [0.1, 0.15) is 6.92 Å². The minimum Gasteiger partial charge on any atom is -0.464 e. The first kappa shape index (κ1) is 12.2. The molecule has 1 heterocycles. The van der Waals surface area contributed by atoms with E-state index in [0.717, 1.165) is 0 Å². The molecule has 0 unspecified atom stereocenters. The van der Waals surface area contributed by atoms with Gasteiger partial charge in [-0.25, -0.2) is 0 Å². The van der Waals surface area contributed by atoms with Crippen LogP contribution in [0, 0.1) is 0 Å². The Kier molecular flexibility index (Phi) is 4.98. The van der Waals surface area contributed by atoms with Gasteiger partial charge in [-0.15, -0.1) is 0 Å². The lowest BCUT2D eigenvalue weighted by Crippen LogP contribution is -2.43. The molecule has 5 heteroatoms. The second-order valence-electron chi connectivity index (χ2n) is 3.24. The lowest BCUT2D eigenvalue weighted by Gasteiger charge is -2.03. The molecule has 0 saturated heterocycles. The van der Waals surface area contributed by atoms with Crippen LogP contribution < -0.4 is 9.88 Å². The Bertz CT molecular complexity index is 352. The first-order valence-corrected chi connectivity index (χ1v) is 5.02. The maximum Gasteiger partial charge on any atom is 0.302 e. The number of aromatic nitrogens is 1. The standard InChI is InChI=1S/C11H14N2O3/c1-10(14)16-8-5-12-11(15)9-13-6-3-2-4-7-13/h2-4,6-7H,5,8-9H2,1H3/p+1. The first-order chi connectivity index (χ1) is 7.68. The molecule has 0 aliphatic rings. The predicted molar refractivity (Wildman–Crippen MR) is 56.3 cm³/mol. The van der Waals surface area contributed by atoms with Gasteiger partial charge < -0.3 is 10.1 Å². The summed E-state index contributed by atoms with van der Waals surface area (Å²) in [6.45, 7) is 2.15. The van der Waals surface area contributed by atoms with Gasteiger partial charge in [0.1, 0.15) is 6.61 Å². The lowest BCUT2D eigenvalue weighted by atomic mass is 10.4. The van der Waals surface area contributed by atoms with Crippen molar-refractivity contribution in [1.29, 1.82) is 0 Å². The van der Waals surface area contributed by atoms with Crippen molar-refractivity contribution in [3.63, 3.8) is 0 Å². The van der Waals surface area contributed by atoms with Crippen molar-refractivity contribution < 1.29 is 18.9 Å². The minimum absolute atomic E-state index is 0.108. The number of hydrogen-bond donors (Lipinski definition) is 1. The Balaban J connectivity index is 2.19. The quantitative estimate of drug-likeness (QED) is 0.422. The zero-order valence-corrected chi connectivity index (χ0v) is 9.18. The van der Waals surface area contributed by atoms with Crippen LogP contribution in [0.4, 0.5) is 0 Å². The number of rotatable bonds is 5. The van der Waals surface area contributed by atoms with E-state index >= 15 is 0 Å². The molecule has 16 heavy (non-hydrogen) atoms. The summed E-state index contributed by atoms with van der Waals surface area (Å²) in [5.41, 5.74) is 0. The largest absolute Gasteiger partial charge is 0.464 e. The second kappa shape index (κ2) is 6.55. The number of nitrogens with one attached hydrogen (secondary N) is 1. The van der Waals surface area contributed by atoms with E-state index < -0.39 is 0 Å². The SMILES string of the molecule is CC(=O)OCCNC(=O)C[n+]1ccccc1. The molecule has 0 aromatic carbocycles. The number of pyridine rings is 1. The van der Waals surface area contributed by atoms with Gasteiger partial charge in [0.25, 0.3) is 5.91 Å². The molecular formula is C11H15N2O3+. The highest BCUT2D eigenvalue weighted by Crippen LogP contribution is 1.78. The van der Waals surface area contributed by atoms with Gasteiger partial charge in [0.15, 0.2) is 12.4 Å². The van der Waals surface area contributed by atoms with Crippen molar-refractivity contribution in [2.75, 3.05) is 13.2 Å². The fourth-order valence-corrected chi connectivity index (χ4v) is 1.15. The van der Waals surface area contributed by atoms with E-state index in [0.29, 0.717) is 6.54 Å². The molecular weight excluding hydrogens is 208 g/mol. The molecule has 0 fully saturated rings. The van der Waals surface area contributed by atoms with Gasteiger partial charge in [-0.05, 0) is 0 Å². The van der Waals surface area contributed by atoms with Gasteiger partial charge in [0, 0.05) is 19.1 Å². The monoisotopic (exact) mass is 223 g/mol. The van der Waals surface area contributed by atoms with Gasteiger partial charge in [0.2, 0.25) is 6.54 Å². The molecule has 0 aliphatic carbocycles. The van der Waals surface area contributed by atoms with Crippen molar-refractivity contribution in [3.8, 4) is 0 Å². The fourth-order valence-electron chi connectivity index (χ4n) is 1.15. The van der Waals surface area contributed by atoms with Crippen LogP contribution in [-0.4, -0.2) is 25.0 Å². The third kappa shape index (κ3) is 5.09. The van der Waals surface area contributed by atoms with Crippen molar-refractivity contribution >= 4 is 11.9 Å². The number of nitrogens with zero attached hydrogens (tertiary/aromatic N) is 1. The van der Waals surface area contributed by atoms with Crippen LogP contribution in [0.2, 0.25) is 0 Å². The minimum atomic E-state index is -0.341. The van der Waals surface area contributed by atoms with Crippen molar-refractivity contribution in [2.45, 2.75) is 13.5 Å². The van der Waals surface area contributed by atoms with E-state index in [1.807, 2.05) is 30.6 Å². The second-order valence-corrected chi connectivity index (χ2v) is 3.24.